The van der Waals surface area contributed by atoms with E-state index in [1.54, 1.807) is 42.5 Å². The zero-order chi connectivity index (χ0) is 35.2. The molecular formula is C35H41NO12. The van der Waals surface area contributed by atoms with Gasteiger partial charge in [0.25, 0.3) is 0 Å². The standard InChI is InChI=1S/C35H41NO12/c1-39-24-14-21(15-25(40-2)33(24)45-7)10-12-31(37)36-20-30(23-18-28(43-5)35(47-9)29(19-23)44-6)48-32(38)13-11-22-16-26(41-3)34(46-8)27(17-22)42-4/h10-19,30H,20H2,1-9H3,(H,36,37)/b12-10+,13-11+/t30-/m1/s1. The van der Waals surface area contributed by atoms with Crippen molar-refractivity contribution < 1.29 is 57.0 Å². The topological polar surface area (TPSA) is 138 Å². The van der Waals surface area contributed by atoms with Crippen molar-refractivity contribution in [3.63, 3.8) is 0 Å². The molecule has 258 valence electrons. The van der Waals surface area contributed by atoms with Crippen LogP contribution in [0.4, 0.5) is 0 Å². The summed E-state index contributed by atoms with van der Waals surface area (Å²) in [6.07, 6.45) is 4.74. The summed E-state index contributed by atoms with van der Waals surface area (Å²) in [7, 11) is 13.4. The van der Waals surface area contributed by atoms with Crippen LogP contribution in [0.5, 0.6) is 51.7 Å². The summed E-state index contributed by atoms with van der Waals surface area (Å²) in [6.45, 7) is -0.0964. The van der Waals surface area contributed by atoms with Gasteiger partial charge in [0.15, 0.2) is 34.5 Å². The molecule has 0 saturated carbocycles. The van der Waals surface area contributed by atoms with Gasteiger partial charge in [0.2, 0.25) is 23.2 Å². The second-order valence-corrected chi connectivity index (χ2v) is 9.71. The number of methoxy groups -OCH3 is 9. The first kappa shape index (κ1) is 36.7. The average molecular weight is 668 g/mol. The Bertz CT molecular complexity index is 1560. The highest BCUT2D eigenvalue weighted by Gasteiger charge is 2.22. The van der Waals surface area contributed by atoms with Gasteiger partial charge in [0.05, 0.1) is 70.5 Å². The molecule has 48 heavy (non-hydrogen) atoms. The summed E-state index contributed by atoms with van der Waals surface area (Å²) in [5, 5.41) is 2.78. The van der Waals surface area contributed by atoms with Gasteiger partial charge in [-0.15, -0.1) is 0 Å². The lowest BCUT2D eigenvalue weighted by molar-refractivity contribution is -0.143. The molecule has 0 saturated heterocycles. The molecule has 0 spiro atoms. The molecule has 0 aliphatic carbocycles. The van der Waals surface area contributed by atoms with E-state index in [-0.39, 0.29) is 6.54 Å². The minimum absolute atomic E-state index is 0.0964. The molecule has 0 heterocycles. The molecule has 0 radical (unpaired) electrons. The van der Waals surface area contributed by atoms with Crippen LogP contribution >= 0.6 is 0 Å². The second kappa shape index (κ2) is 17.8. The van der Waals surface area contributed by atoms with Gasteiger partial charge in [-0.2, -0.15) is 0 Å². The van der Waals surface area contributed by atoms with Crippen LogP contribution in [0, 0.1) is 0 Å². The third-order valence-corrected chi connectivity index (χ3v) is 6.99. The van der Waals surface area contributed by atoms with E-state index in [2.05, 4.69) is 5.32 Å². The highest BCUT2D eigenvalue weighted by atomic mass is 16.6. The SMILES string of the molecule is COc1cc(/C=C/C(=O)NC[C@@H](OC(=O)/C=C/c2cc(OC)c(OC)c(OC)c2)c2cc(OC)c(OC)c(OC)c2)cc(OC)c1OC. The number of amides is 1. The van der Waals surface area contributed by atoms with E-state index >= 15 is 0 Å². The van der Waals surface area contributed by atoms with Crippen molar-refractivity contribution in [2.75, 3.05) is 70.5 Å². The van der Waals surface area contributed by atoms with Crippen LogP contribution in [-0.4, -0.2) is 82.4 Å². The Morgan fingerprint density at radius 3 is 1.25 bits per heavy atom. The summed E-state index contributed by atoms with van der Waals surface area (Å²) in [5.74, 6) is 2.45. The third kappa shape index (κ3) is 8.96. The normalized spacial score (nSPS) is 11.4. The Kier molecular flexibility index (Phi) is 13.7. The van der Waals surface area contributed by atoms with Crippen molar-refractivity contribution in [1.82, 2.24) is 5.32 Å². The lowest BCUT2D eigenvalue weighted by Gasteiger charge is -2.21. The second-order valence-electron chi connectivity index (χ2n) is 9.71. The lowest BCUT2D eigenvalue weighted by atomic mass is 10.1. The van der Waals surface area contributed by atoms with Crippen LogP contribution in [0.1, 0.15) is 22.8 Å². The van der Waals surface area contributed by atoms with E-state index in [0.717, 1.165) is 0 Å². The number of hydrogen-bond acceptors (Lipinski definition) is 12. The number of hydrogen-bond donors (Lipinski definition) is 1. The van der Waals surface area contributed by atoms with E-state index in [9.17, 15) is 9.59 Å². The maximum Gasteiger partial charge on any atom is 0.331 e. The Hall–Kier alpha value is -5.72. The molecule has 0 aromatic heterocycles. The monoisotopic (exact) mass is 667 g/mol. The Morgan fingerprint density at radius 1 is 0.542 bits per heavy atom. The predicted octanol–water partition coefficient (Wildman–Crippen LogP) is 4.89. The molecule has 0 aliphatic heterocycles. The van der Waals surface area contributed by atoms with E-state index < -0.39 is 18.0 Å². The summed E-state index contributed by atoms with van der Waals surface area (Å²) in [4.78, 5) is 26.1. The van der Waals surface area contributed by atoms with E-state index in [1.807, 2.05) is 0 Å². The summed E-state index contributed by atoms with van der Waals surface area (Å²) >= 11 is 0. The quantitative estimate of drug-likeness (QED) is 0.155. The molecule has 0 fully saturated rings. The minimum Gasteiger partial charge on any atom is -0.493 e. The average Bonchev–Trinajstić information content (AvgIpc) is 3.12. The van der Waals surface area contributed by atoms with Gasteiger partial charge in [0, 0.05) is 17.7 Å². The van der Waals surface area contributed by atoms with Gasteiger partial charge in [-0.1, -0.05) is 0 Å². The fourth-order valence-corrected chi connectivity index (χ4v) is 4.68. The number of esters is 1. The zero-order valence-corrected chi connectivity index (χ0v) is 28.5. The summed E-state index contributed by atoms with van der Waals surface area (Å²) in [5.41, 5.74) is 1.70. The highest BCUT2D eigenvalue weighted by molar-refractivity contribution is 5.92. The van der Waals surface area contributed by atoms with E-state index in [0.29, 0.717) is 68.4 Å². The summed E-state index contributed by atoms with van der Waals surface area (Å²) < 4.78 is 54.5. The van der Waals surface area contributed by atoms with Crippen LogP contribution < -0.4 is 47.9 Å². The number of rotatable bonds is 17. The number of ether oxygens (including phenoxy) is 10. The molecule has 3 rings (SSSR count). The van der Waals surface area contributed by atoms with Crippen LogP contribution in [0.25, 0.3) is 12.2 Å². The Balaban J connectivity index is 1.89. The fraction of sp³-hybridized carbons (Fsp3) is 0.314. The van der Waals surface area contributed by atoms with Gasteiger partial charge in [0.1, 0.15) is 6.10 Å². The zero-order valence-electron chi connectivity index (χ0n) is 28.5. The van der Waals surface area contributed by atoms with Crippen LogP contribution in [0.2, 0.25) is 0 Å². The molecule has 1 N–H and O–H groups in total. The fourth-order valence-electron chi connectivity index (χ4n) is 4.68. The number of nitrogens with one attached hydrogen (secondary N) is 1. The highest BCUT2D eigenvalue weighted by Crippen LogP contribution is 2.41. The van der Waals surface area contributed by atoms with Crippen molar-refractivity contribution in [3.05, 3.63) is 65.2 Å². The molecule has 0 unspecified atom stereocenters. The first-order chi connectivity index (χ1) is 23.2. The molecule has 0 bridgehead atoms. The molecule has 1 amide bonds. The third-order valence-electron chi connectivity index (χ3n) is 6.99. The lowest BCUT2D eigenvalue weighted by Crippen LogP contribution is -2.29. The number of carbonyl (C=O) groups is 2. The van der Waals surface area contributed by atoms with E-state index in [4.69, 9.17) is 47.4 Å². The van der Waals surface area contributed by atoms with Gasteiger partial charge in [-0.25, -0.2) is 4.79 Å². The molecule has 3 aromatic carbocycles. The van der Waals surface area contributed by atoms with Crippen molar-refractivity contribution >= 4 is 24.0 Å². The van der Waals surface area contributed by atoms with E-state index in [1.165, 1.54) is 82.2 Å². The first-order valence-corrected chi connectivity index (χ1v) is 14.4. The van der Waals surface area contributed by atoms with Gasteiger partial charge in [-0.05, 0) is 59.7 Å². The number of benzene rings is 3. The van der Waals surface area contributed by atoms with Crippen LogP contribution in [0.3, 0.4) is 0 Å². The van der Waals surface area contributed by atoms with Crippen molar-refractivity contribution in [3.8, 4) is 51.7 Å². The van der Waals surface area contributed by atoms with Gasteiger partial charge < -0.3 is 52.7 Å². The predicted molar refractivity (Wildman–Crippen MR) is 178 cm³/mol. The molecule has 0 aliphatic rings. The Morgan fingerprint density at radius 2 is 0.896 bits per heavy atom. The smallest absolute Gasteiger partial charge is 0.331 e. The molecule has 13 nitrogen and oxygen atoms in total. The van der Waals surface area contributed by atoms with Crippen LogP contribution in [0.15, 0.2) is 48.6 Å². The van der Waals surface area contributed by atoms with Crippen LogP contribution in [-0.2, 0) is 14.3 Å². The molecular weight excluding hydrogens is 626 g/mol. The van der Waals surface area contributed by atoms with Crippen molar-refractivity contribution in [2.45, 2.75) is 6.10 Å². The van der Waals surface area contributed by atoms with Gasteiger partial charge in [-0.3, -0.25) is 4.79 Å². The number of carbonyl (C=O) groups excluding carboxylic acids is 2. The van der Waals surface area contributed by atoms with Gasteiger partial charge >= 0.3 is 5.97 Å². The summed E-state index contributed by atoms with van der Waals surface area (Å²) in [6, 6.07) is 10.0. The maximum atomic E-state index is 13.1. The molecule has 13 heteroatoms. The first-order valence-electron chi connectivity index (χ1n) is 14.4. The van der Waals surface area contributed by atoms with Crippen molar-refractivity contribution in [2.24, 2.45) is 0 Å². The molecule has 3 aromatic rings. The minimum atomic E-state index is -0.964. The van der Waals surface area contributed by atoms with Crippen molar-refractivity contribution in [1.29, 1.82) is 0 Å². The largest absolute Gasteiger partial charge is 0.493 e. The molecule has 1 atom stereocenters. The Labute approximate surface area is 279 Å². The maximum absolute atomic E-state index is 13.1.